The van der Waals surface area contributed by atoms with E-state index in [2.05, 4.69) is 29.4 Å². The minimum Gasteiger partial charge on any atom is -0.340 e. The van der Waals surface area contributed by atoms with Gasteiger partial charge in [-0.25, -0.2) is 0 Å². The highest BCUT2D eigenvalue weighted by molar-refractivity contribution is 7.80. The van der Waals surface area contributed by atoms with Crippen LogP contribution in [0.4, 0.5) is 0 Å². The summed E-state index contributed by atoms with van der Waals surface area (Å²) in [6.07, 6.45) is 3.26. The summed E-state index contributed by atoms with van der Waals surface area (Å²) in [4.78, 5) is 18.9. The molecule has 0 bridgehead atoms. The standard InChI is InChI=1S/C15H29N3OS/c1-2-16-6-3-14(4-7-16)13-17-8-10-18(11-9-17)15(19)5-12-20/h14,20H,2-13H2,1H3. The molecule has 2 aliphatic rings. The second kappa shape index (κ2) is 8.25. The van der Waals surface area contributed by atoms with Gasteiger partial charge < -0.3 is 9.80 Å². The van der Waals surface area contributed by atoms with E-state index in [-0.39, 0.29) is 5.91 Å². The third-order valence-electron chi connectivity index (χ3n) is 4.72. The van der Waals surface area contributed by atoms with Gasteiger partial charge in [-0.1, -0.05) is 6.92 Å². The number of rotatable bonds is 5. The van der Waals surface area contributed by atoms with Crippen LogP contribution in [0, 0.1) is 5.92 Å². The third kappa shape index (κ3) is 4.64. The maximum Gasteiger partial charge on any atom is 0.223 e. The Bertz CT molecular complexity index is 297. The average Bonchev–Trinajstić information content (AvgIpc) is 2.49. The van der Waals surface area contributed by atoms with Crippen molar-refractivity contribution in [2.75, 3.05) is 58.1 Å². The van der Waals surface area contributed by atoms with E-state index < -0.39 is 0 Å². The van der Waals surface area contributed by atoms with Gasteiger partial charge in [-0.15, -0.1) is 0 Å². The van der Waals surface area contributed by atoms with E-state index in [9.17, 15) is 4.79 Å². The van der Waals surface area contributed by atoms with Crippen LogP contribution in [0.3, 0.4) is 0 Å². The number of carbonyl (C=O) groups excluding carboxylic acids is 1. The maximum atomic E-state index is 11.8. The van der Waals surface area contributed by atoms with Crippen molar-refractivity contribution in [2.24, 2.45) is 5.92 Å². The number of hydrogen-bond acceptors (Lipinski definition) is 4. The summed E-state index contributed by atoms with van der Waals surface area (Å²) >= 11 is 4.14. The summed E-state index contributed by atoms with van der Waals surface area (Å²) in [7, 11) is 0. The molecule has 116 valence electrons. The number of amides is 1. The molecule has 2 heterocycles. The van der Waals surface area contributed by atoms with E-state index in [1.54, 1.807) is 0 Å². The Kier molecular flexibility index (Phi) is 6.65. The summed E-state index contributed by atoms with van der Waals surface area (Å²) < 4.78 is 0. The SMILES string of the molecule is CCN1CCC(CN2CCN(C(=O)CCS)CC2)CC1. The fourth-order valence-electron chi connectivity index (χ4n) is 3.28. The number of piperazine rings is 1. The fourth-order valence-corrected chi connectivity index (χ4v) is 3.48. The van der Waals surface area contributed by atoms with Crippen molar-refractivity contribution in [3.05, 3.63) is 0 Å². The van der Waals surface area contributed by atoms with Crippen molar-refractivity contribution in [1.82, 2.24) is 14.7 Å². The molecule has 0 aromatic carbocycles. The fraction of sp³-hybridized carbons (Fsp3) is 0.933. The molecule has 5 heteroatoms. The van der Waals surface area contributed by atoms with E-state index in [1.165, 1.54) is 39.0 Å². The topological polar surface area (TPSA) is 26.8 Å². The maximum absolute atomic E-state index is 11.8. The van der Waals surface area contributed by atoms with Crippen LogP contribution in [0.15, 0.2) is 0 Å². The number of hydrogen-bond donors (Lipinski definition) is 1. The van der Waals surface area contributed by atoms with E-state index in [1.807, 2.05) is 4.90 Å². The minimum absolute atomic E-state index is 0.274. The van der Waals surface area contributed by atoms with Gasteiger partial charge in [-0.2, -0.15) is 12.6 Å². The summed E-state index contributed by atoms with van der Waals surface area (Å²) in [5.74, 6) is 1.79. The average molecular weight is 299 g/mol. The Morgan fingerprint density at radius 2 is 1.70 bits per heavy atom. The molecule has 0 aliphatic carbocycles. The molecule has 0 saturated carbocycles. The molecule has 2 fully saturated rings. The predicted octanol–water partition coefficient (Wildman–Crippen LogP) is 1.18. The van der Waals surface area contributed by atoms with Crippen LogP contribution in [0.2, 0.25) is 0 Å². The molecule has 4 nitrogen and oxygen atoms in total. The second-order valence-corrected chi connectivity index (χ2v) is 6.48. The highest BCUT2D eigenvalue weighted by atomic mass is 32.1. The van der Waals surface area contributed by atoms with Crippen LogP contribution in [0.5, 0.6) is 0 Å². The molecule has 0 aromatic rings. The van der Waals surface area contributed by atoms with E-state index in [4.69, 9.17) is 0 Å². The van der Waals surface area contributed by atoms with Crippen LogP contribution >= 0.6 is 12.6 Å². The van der Waals surface area contributed by atoms with Gasteiger partial charge in [0.2, 0.25) is 5.91 Å². The highest BCUT2D eigenvalue weighted by Gasteiger charge is 2.24. The Morgan fingerprint density at radius 3 is 2.25 bits per heavy atom. The molecule has 2 aliphatic heterocycles. The zero-order valence-corrected chi connectivity index (χ0v) is 13.7. The summed E-state index contributed by atoms with van der Waals surface area (Å²) in [5.41, 5.74) is 0. The number of likely N-dealkylation sites (tertiary alicyclic amines) is 1. The molecule has 0 radical (unpaired) electrons. The van der Waals surface area contributed by atoms with E-state index >= 15 is 0 Å². The predicted molar refractivity (Wildman–Crippen MR) is 86.3 cm³/mol. The van der Waals surface area contributed by atoms with E-state index in [0.29, 0.717) is 12.2 Å². The van der Waals surface area contributed by atoms with Crippen LogP contribution in [-0.2, 0) is 4.79 Å². The summed E-state index contributed by atoms with van der Waals surface area (Å²) in [6, 6.07) is 0. The summed E-state index contributed by atoms with van der Waals surface area (Å²) in [6.45, 7) is 11.1. The van der Waals surface area contributed by atoms with Gasteiger partial charge >= 0.3 is 0 Å². The zero-order chi connectivity index (χ0) is 14.4. The van der Waals surface area contributed by atoms with Crippen molar-refractivity contribution < 1.29 is 4.79 Å². The van der Waals surface area contributed by atoms with Crippen LogP contribution in [0.1, 0.15) is 26.2 Å². The molecule has 0 N–H and O–H groups in total. The smallest absolute Gasteiger partial charge is 0.223 e. The monoisotopic (exact) mass is 299 g/mol. The van der Waals surface area contributed by atoms with Gasteiger partial charge in [0.25, 0.3) is 0 Å². The number of carbonyl (C=O) groups is 1. The lowest BCUT2D eigenvalue weighted by atomic mass is 9.96. The van der Waals surface area contributed by atoms with Gasteiger partial charge in [0.05, 0.1) is 0 Å². The van der Waals surface area contributed by atoms with E-state index in [0.717, 1.165) is 32.1 Å². The molecule has 0 aromatic heterocycles. The third-order valence-corrected chi connectivity index (χ3v) is 4.95. The number of thiol groups is 1. The van der Waals surface area contributed by atoms with Crippen molar-refractivity contribution in [3.63, 3.8) is 0 Å². The molecule has 20 heavy (non-hydrogen) atoms. The highest BCUT2D eigenvalue weighted by Crippen LogP contribution is 2.19. The molecule has 2 rings (SSSR count). The Balaban J connectivity index is 1.66. The lowest BCUT2D eigenvalue weighted by Crippen LogP contribution is -2.50. The van der Waals surface area contributed by atoms with Gasteiger partial charge in [-0.3, -0.25) is 9.69 Å². The zero-order valence-electron chi connectivity index (χ0n) is 12.8. The second-order valence-electron chi connectivity index (χ2n) is 6.03. The molecular formula is C15H29N3OS. The summed E-state index contributed by atoms with van der Waals surface area (Å²) in [5, 5.41) is 0. The normalized spacial score (nSPS) is 23.2. The Labute approximate surface area is 128 Å². The molecule has 0 atom stereocenters. The first-order valence-electron chi connectivity index (χ1n) is 8.06. The minimum atomic E-state index is 0.274. The molecule has 1 amide bonds. The Morgan fingerprint density at radius 1 is 1.05 bits per heavy atom. The molecular weight excluding hydrogens is 270 g/mol. The lowest BCUT2D eigenvalue weighted by molar-refractivity contribution is -0.132. The van der Waals surface area contributed by atoms with Crippen LogP contribution in [0.25, 0.3) is 0 Å². The first kappa shape index (κ1) is 16.1. The van der Waals surface area contributed by atoms with Gasteiger partial charge in [0.15, 0.2) is 0 Å². The van der Waals surface area contributed by atoms with Gasteiger partial charge in [0, 0.05) is 39.1 Å². The first-order valence-corrected chi connectivity index (χ1v) is 8.69. The lowest BCUT2D eigenvalue weighted by Gasteiger charge is -2.38. The van der Waals surface area contributed by atoms with Crippen molar-refractivity contribution in [1.29, 1.82) is 0 Å². The van der Waals surface area contributed by atoms with Gasteiger partial charge in [0.1, 0.15) is 0 Å². The first-order chi connectivity index (χ1) is 9.72. The largest absolute Gasteiger partial charge is 0.340 e. The molecule has 2 saturated heterocycles. The number of piperidine rings is 1. The molecule has 0 unspecified atom stereocenters. The molecule has 0 spiro atoms. The van der Waals surface area contributed by atoms with Crippen molar-refractivity contribution in [2.45, 2.75) is 26.2 Å². The van der Waals surface area contributed by atoms with Crippen molar-refractivity contribution >= 4 is 18.5 Å². The number of nitrogens with zero attached hydrogens (tertiary/aromatic N) is 3. The van der Waals surface area contributed by atoms with Gasteiger partial charge in [-0.05, 0) is 44.1 Å². The van der Waals surface area contributed by atoms with Crippen LogP contribution in [-0.4, -0.2) is 78.7 Å². The van der Waals surface area contributed by atoms with Crippen molar-refractivity contribution in [3.8, 4) is 0 Å². The Hall–Kier alpha value is -0.260. The van der Waals surface area contributed by atoms with Crippen LogP contribution < -0.4 is 0 Å². The quantitative estimate of drug-likeness (QED) is 0.773.